The SMILES string of the molecule is O=C1c2ccccc2C(=O)c2c(Oc3ccc(O)c4c3C(=O)c3ccccc3C4=O)ccc(O)c21. The minimum Gasteiger partial charge on any atom is -0.507 e. The van der Waals surface area contributed by atoms with Crippen molar-refractivity contribution in [1.29, 1.82) is 0 Å². The van der Waals surface area contributed by atoms with Gasteiger partial charge in [-0.15, -0.1) is 0 Å². The minimum absolute atomic E-state index is 0.0716. The van der Waals surface area contributed by atoms with Gasteiger partial charge in [0.15, 0.2) is 23.1 Å². The number of ketones is 4. The summed E-state index contributed by atoms with van der Waals surface area (Å²) >= 11 is 0. The van der Waals surface area contributed by atoms with Gasteiger partial charge in [-0.25, -0.2) is 0 Å². The third kappa shape index (κ3) is 2.78. The Labute approximate surface area is 197 Å². The summed E-state index contributed by atoms with van der Waals surface area (Å²) in [6.45, 7) is 0. The molecular formula is C28H14O7. The third-order valence-corrected chi connectivity index (χ3v) is 6.25. The van der Waals surface area contributed by atoms with Gasteiger partial charge in [0.25, 0.3) is 0 Å². The highest BCUT2D eigenvalue weighted by atomic mass is 16.5. The Morgan fingerprint density at radius 1 is 0.429 bits per heavy atom. The van der Waals surface area contributed by atoms with E-state index in [2.05, 4.69) is 0 Å². The van der Waals surface area contributed by atoms with Crippen LogP contribution in [0.2, 0.25) is 0 Å². The number of fused-ring (bicyclic) bond motifs is 4. The average Bonchev–Trinajstić information content (AvgIpc) is 2.87. The lowest BCUT2D eigenvalue weighted by Crippen LogP contribution is -2.23. The Bertz CT molecular complexity index is 1540. The zero-order valence-corrected chi connectivity index (χ0v) is 17.9. The number of hydrogen-bond acceptors (Lipinski definition) is 7. The number of aromatic hydroxyl groups is 2. The molecule has 4 aromatic carbocycles. The number of ether oxygens (including phenoxy) is 1. The Morgan fingerprint density at radius 2 is 0.743 bits per heavy atom. The first-order chi connectivity index (χ1) is 16.9. The molecule has 0 aliphatic heterocycles. The quantitative estimate of drug-likeness (QED) is 0.391. The van der Waals surface area contributed by atoms with E-state index in [1.54, 1.807) is 24.3 Å². The number of rotatable bonds is 2. The average molecular weight is 462 g/mol. The molecule has 0 radical (unpaired) electrons. The van der Waals surface area contributed by atoms with E-state index >= 15 is 0 Å². The van der Waals surface area contributed by atoms with E-state index in [0.717, 1.165) is 0 Å². The van der Waals surface area contributed by atoms with Crippen LogP contribution < -0.4 is 4.74 Å². The van der Waals surface area contributed by atoms with E-state index in [1.165, 1.54) is 48.5 Å². The molecule has 0 fully saturated rings. The van der Waals surface area contributed by atoms with Gasteiger partial charge in [0.1, 0.15) is 23.0 Å². The molecule has 0 aromatic heterocycles. The zero-order chi connectivity index (χ0) is 24.4. The van der Waals surface area contributed by atoms with Crippen LogP contribution in [0.15, 0.2) is 72.8 Å². The Kier molecular flexibility index (Phi) is 4.25. The van der Waals surface area contributed by atoms with Crippen LogP contribution in [0.3, 0.4) is 0 Å². The van der Waals surface area contributed by atoms with Gasteiger partial charge >= 0.3 is 0 Å². The largest absolute Gasteiger partial charge is 0.507 e. The number of carbonyl (C=O) groups is 4. The second-order valence-electron chi connectivity index (χ2n) is 8.18. The molecule has 4 aromatic rings. The maximum absolute atomic E-state index is 13.3. The van der Waals surface area contributed by atoms with Gasteiger partial charge in [0.05, 0.1) is 22.3 Å². The molecule has 0 amide bonds. The Balaban J connectivity index is 1.54. The van der Waals surface area contributed by atoms with Crippen LogP contribution in [0.1, 0.15) is 63.7 Å². The fraction of sp³-hybridized carbons (Fsp3) is 0. The number of phenols is 2. The predicted octanol–water partition coefficient (Wildman–Crippen LogP) is 4.44. The summed E-state index contributed by atoms with van der Waals surface area (Å²) in [5.74, 6) is -3.03. The normalized spacial score (nSPS) is 13.6. The number of phenolic OH excluding ortho intramolecular Hbond substituents is 2. The van der Waals surface area contributed by atoms with Crippen molar-refractivity contribution in [2.45, 2.75) is 0 Å². The van der Waals surface area contributed by atoms with Crippen LogP contribution in [0.4, 0.5) is 0 Å². The molecule has 0 atom stereocenters. The summed E-state index contributed by atoms with van der Waals surface area (Å²) < 4.78 is 5.98. The molecule has 2 aliphatic carbocycles. The summed E-state index contributed by atoms with van der Waals surface area (Å²) in [5.41, 5.74) is -0.0513. The molecule has 0 saturated carbocycles. The van der Waals surface area contributed by atoms with Crippen LogP contribution in [0.25, 0.3) is 0 Å². The second kappa shape index (κ2) is 7.23. The third-order valence-electron chi connectivity index (χ3n) is 6.25. The first-order valence-electron chi connectivity index (χ1n) is 10.6. The Morgan fingerprint density at radius 3 is 1.09 bits per heavy atom. The highest BCUT2D eigenvalue weighted by molar-refractivity contribution is 6.31. The Hall–Kier alpha value is -5.04. The van der Waals surface area contributed by atoms with E-state index in [9.17, 15) is 29.4 Å². The standard InChI is InChI=1S/C28H14O7/c29-17-9-11-19(23-21(17)25(31)13-5-1-3-7-15(13)27(23)33)35-20-12-10-18(30)22-24(20)28(34)16-8-4-2-6-14(16)26(22)32/h1-12,29-30H. The van der Waals surface area contributed by atoms with Crippen molar-refractivity contribution >= 4 is 23.1 Å². The van der Waals surface area contributed by atoms with Crippen LogP contribution in [-0.4, -0.2) is 33.3 Å². The highest BCUT2D eigenvalue weighted by Crippen LogP contribution is 2.43. The minimum atomic E-state index is -0.536. The summed E-state index contributed by atoms with van der Waals surface area (Å²) in [6.07, 6.45) is 0. The van der Waals surface area contributed by atoms with E-state index in [4.69, 9.17) is 4.74 Å². The van der Waals surface area contributed by atoms with Crippen LogP contribution in [-0.2, 0) is 0 Å². The number of benzene rings is 4. The van der Waals surface area contributed by atoms with Gasteiger partial charge < -0.3 is 14.9 Å². The number of carbonyl (C=O) groups excluding carboxylic acids is 4. The van der Waals surface area contributed by atoms with E-state index in [0.29, 0.717) is 0 Å². The molecule has 0 heterocycles. The van der Waals surface area contributed by atoms with E-state index in [-0.39, 0.29) is 67.5 Å². The van der Waals surface area contributed by atoms with Crippen molar-refractivity contribution in [3.8, 4) is 23.0 Å². The molecule has 0 saturated heterocycles. The van der Waals surface area contributed by atoms with E-state index < -0.39 is 23.1 Å². The monoisotopic (exact) mass is 462 g/mol. The second-order valence-corrected chi connectivity index (χ2v) is 8.18. The molecule has 0 bridgehead atoms. The van der Waals surface area contributed by atoms with Crippen LogP contribution >= 0.6 is 0 Å². The fourth-order valence-corrected chi connectivity index (χ4v) is 4.64. The van der Waals surface area contributed by atoms with Crippen LogP contribution in [0.5, 0.6) is 23.0 Å². The molecule has 168 valence electrons. The van der Waals surface area contributed by atoms with Gasteiger partial charge in [-0.3, -0.25) is 19.2 Å². The van der Waals surface area contributed by atoms with Gasteiger partial charge in [0, 0.05) is 22.3 Å². The molecule has 0 spiro atoms. The van der Waals surface area contributed by atoms with E-state index in [1.807, 2.05) is 0 Å². The highest BCUT2D eigenvalue weighted by Gasteiger charge is 2.37. The summed E-state index contributed by atoms with van der Waals surface area (Å²) in [7, 11) is 0. The summed E-state index contributed by atoms with van der Waals surface area (Å²) in [4.78, 5) is 52.8. The molecule has 7 heteroatoms. The molecule has 2 aliphatic rings. The van der Waals surface area contributed by atoms with Gasteiger partial charge in [0.2, 0.25) is 0 Å². The first-order valence-corrected chi connectivity index (χ1v) is 10.6. The van der Waals surface area contributed by atoms with Crippen LogP contribution in [0, 0.1) is 0 Å². The summed E-state index contributed by atoms with van der Waals surface area (Å²) in [5, 5.41) is 20.8. The molecule has 0 unspecified atom stereocenters. The van der Waals surface area contributed by atoms with Gasteiger partial charge in [-0.2, -0.15) is 0 Å². The van der Waals surface area contributed by atoms with Crippen molar-refractivity contribution in [1.82, 2.24) is 0 Å². The molecule has 7 nitrogen and oxygen atoms in total. The summed E-state index contributed by atoms with van der Waals surface area (Å²) in [6, 6.07) is 17.6. The lowest BCUT2D eigenvalue weighted by Gasteiger charge is -2.23. The fourth-order valence-electron chi connectivity index (χ4n) is 4.64. The molecular weight excluding hydrogens is 448 g/mol. The molecule has 6 rings (SSSR count). The van der Waals surface area contributed by atoms with Crippen molar-refractivity contribution in [3.05, 3.63) is 117 Å². The zero-order valence-electron chi connectivity index (χ0n) is 17.9. The van der Waals surface area contributed by atoms with Crippen molar-refractivity contribution in [2.75, 3.05) is 0 Å². The smallest absolute Gasteiger partial charge is 0.198 e. The first kappa shape index (κ1) is 20.6. The lowest BCUT2D eigenvalue weighted by molar-refractivity contribution is 0.0971. The maximum Gasteiger partial charge on any atom is 0.198 e. The van der Waals surface area contributed by atoms with Crippen molar-refractivity contribution in [3.63, 3.8) is 0 Å². The predicted molar refractivity (Wildman–Crippen MR) is 123 cm³/mol. The van der Waals surface area contributed by atoms with Gasteiger partial charge in [-0.1, -0.05) is 48.5 Å². The number of hydrogen-bond donors (Lipinski definition) is 2. The van der Waals surface area contributed by atoms with Gasteiger partial charge in [-0.05, 0) is 24.3 Å². The maximum atomic E-state index is 13.3. The molecule has 35 heavy (non-hydrogen) atoms. The molecule has 2 N–H and O–H groups in total. The van der Waals surface area contributed by atoms with Crippen molar-refractivity contribution < 1.29 is 34.1 Å². The van der Waals surface area contributed by atoms with Crippen molar-refractivity contribution in [2.24, 2.45) is 0 Å². The lowest BCUT2D eigenvalue weighted by atomic mass is 9.82. The topological polar surface area (TPSA) is 118 Å².